The Morgan fingerprint density at radius 1 is 1.18 bits per heavy atom. The quantitative estimate of drug-likeness (QED) is 0.699. The first kappa shape index (κ1) is 13.0. The van der Waals surface area contributed by atoms with Gasteiger partial charge in [-0.25, -0.2) is 0 Å². The Morgan fingerprint density at radius 3 is 2.53 bits per heavy atom. The first-order valence-electron chi connectivity index (χ1n) is 5.50. The summed E-state index contributed by atoms with van der Waals surface area (Å²) in [7, 11) is 1.75. The molecule has 5 heteroatoms. The molecule has 92 valence electrons. The van der Waals surface area contributed by atoms with Crippen LogP contribution >= 0.6 is 0 Å². The van der Waals surface area contributed by atoms with E-state index in [0.717, 1.165) is 5.69 Å². The lowest BCUT2D eigenvalue weighted by Crippen LogP contribution is -2.36. The molecule has 0 spiro atoms. The highest BCUT2D eigenvalue weighted by molar-refractivity contribution is 6.01. The average molecular weight is 235 g/mol. The number of carbonyl (C=O) groups is 2. The monoisotopic (exact) mass is 235 g/mol. The Bertz CT molecular complexity index is 404. The summed E-state index contributed by atoms with van der Waals surface area (Å²) in [6.07, 6.45) is 0. The van der Waals surface area contributed by atoms with E-state index in [1.54, 1.807) is 25.2 Å². The van der Waals surface area contributed by atoms with Crippen LogP contribution in [0.4, 0.5) is 5.69 Å². The first-order valence-corrected chi connectivity index (χ1v) is 5.50. The Balaban J connectivity index is 2.61. The molecule has 0 saturated carbocycles. The largest absolute Gasteiger partial charge is 0.387 e. The molecule has 0 aliphatic carbocycles. The maximum Gasteiger partial charge on any atom is 0.253 e. The number of hydrogen-bond donors (Lipinski definition) is 3. The van der Waals surface area contributed by atoms with E-state index in [2.05, 4.69) is 16.0 Å². The number of amides is 2. The number of anilines is 1. The fourth-order valence-corrected chi connectivity index (χ4v) is 1.41. The van der Waals surface area contributed by atoms with Crippen molar-refractivity contribution >= 4 is 17.5 Å². The van der Waals surface area contributed by atoms with Gasteiger partial charge in [-0.05, 0) is 19.1 Å². The van der Waals surface area contributed by atoms with Crippen molar-refractivity contribution in [2.45, 2.75) is 6.92 Å². The topological polar surface area (TPSA) is 70.2 Å². The van der Waals surface area contributed by atoms with E-state index < -0.39 is 0 Å². The van der Waals surface area contributed by atoms with Gasteiger partial charge < -0.3 is 16.0 Å². The standard InChI is InChI=1S/C12H17N3O2/c1-3-14-11(16)8-15-12(17)9-6-4-5-7-10(9)13-2/h4-7,13H,3,8H2,1-2H3,(H,14,16)(H,15,17). The van der Waals surface area contributed by atoms with Crippen molar-refractivity contribution in [2.24, 2.45) is 0 Å². The van der Waals surface area contributed by atoms with Crippen LogP contribution in [-0.4, -0.2) is 32.0 Å². The molecular weight excluding hydrogens is 218 g/mol. The molecular formula is C12H17N3O2. The summed E-state index contributed by atoms with van der Waals surface area (Å²) >= 11 is 0. The third-order valence-electron chi connectivity index (χ3n) is 2.22. The third-order valence-corrected chi connectivity index (χ3v) is 2.22. The minimum Gasteiger partial charge on any atom is -0.387 e. The van der Waals surface area contributed by atoms with Gasteiger partial charge in [0, 0.05) is 19.3 Å². The number of likely N-dealkylation sites (N-methyl/N-ethyl adjacent to an activating group) is 1. The van der Waals surface area contributed by atoms with Crippen molar-refractivity contribution in [3.8, 4) is 0 Å². The second-order valence-corrected chi connectivity index (χ2v) is 3.43. The predicted octanol–water partition coefficient (Wildman–Crippen LogP) is 0.594. The van der Waals surface area contributed by atoms with Gasteiger partial charge in [-0.1, -0.05) is 12.1 Å². The van der Waals surface area contributed by atoms with Crippen LogP contribution in [0.5, 0.6) is 0 Å². The fourth-order valence-electron chi connectivity index (χ4n) is 1.41. The molecule has 3 N–H and O–H groups in total. The number of para-hydroxylation sites is 1. The molecule has 0 atom stereocenters. The fraction of sp³-hybridized carbons (Fsp3) is 0.333. The molecule has 0 saturated heterocycles. The molecule has 0 radical (unpaired) electrons. The van der Waals surface area contributed by atoms with E-state index in [-0.39, 0.29) is 18.4 Å². The first-order chi connectivity index (χ1) is 8.19. The van der Waals surface area contributed by atoms with Crippen LogP contribution < -0.4 is 16.0 Å². The zero-order valence-electron chi connectivity index (χ0n) is 10.0. The molecule has 0 aliphatic heterocycles. The van der Waals surface area contributed by atoms with Gasteiger partial charge in [-0.2, -0.15) is 0 Å². The Hall–Kier alpha value is -2.04. The summed E-state index contributed by atoms with van der Waals surface area (Å²) < 4.78 is 0. The second-order valence-electron chi connectivity index (χ2n) is 3.43. The normalized spacial score (nSPS) is 9.53. The number of nitrogens with one attached hydrogen (secondary N) is 3. The van der Waals surface area contributed by atoms with Gasteiger partial charge >= 0.3 is 0 Å². The van der Waals surface area contributed by atoms with E-state index in [9.17, 15) is 9.59 Å². The molecule has 1 rings (SSSR count). The van der Waals surface area contributed by atoms with Crippen molar-refractivity contribution < 1.29 is 9.59 Å². The van der Waals surface area contributed by atoms with Gasteiger partial charge in [-0.15, -0.1) is 0 Å². The zero-order chi connectivity index (χ0) is 12.7. The molecule has 17 heavy (non-hydrogen) atoms. The van der Waals surface area contributed by atoms with Crippen LogP contribution in [0, 0.1) is 0 Å². The molecule has 0 aliphatic rings. The van der Waals surface area contributed by atoms with Crippen LogP contribution in [-0.2, 0) is 4.79 Å². The molecule has 5 nitrogen and oxygen atoms in total. The van der Waals surface area contributed by atoms with Gasteiger partial charge in [0.25, 0.3) is 5.91 Å². The molecule has 0 aromatic heterocycles. The van der Waals surface area contributed by atoms with Crippen LogP contribution in [0.1, 0.15) is 17.3 Å². The van der Waals surface area contributed by atoms with E-state index in [0.29, 0.717) is 12.1 Å². The summed E-state index contributed by atoms with van der Waals surface area (Å²) in [5.74, 6) is -0.455. The lowest BCUT2D eigenvalue weighted by atomic mass is 10.1. The molecule has 2 amide bonds. The molecule has 0 unspecified atom stereocenters. The van der Waals surface area contributed by atoms with Crippen molar-refractivity contribution in [1.29, 1.82) is 0 Å². The smallest absolute Gasteiger partial charge is 0.253 e. The lowest BCUT2D eigenvalue weighted by Gasteiger charge is -2.09. The molecule has 0 heterocycles. The molecule has 0 fully saturated rings. The third kappa shape index (κ3) is 3.79. The van der Waals surface area contributed by atoms with E-state index in [1.165, 1.54) is 0 Å². The molecule has 1 aromatic rings. The summed E-state index contributed by atoms with van der Waals surface area (Å²) in [5.41, 5.74) is 1.26. The highest BCUT2D eigenvalue weighted by atomic mass is 16.2. The number of carbonyl (C=O) groups excluding carboxylic acids is 2. The van der Waals surface area contributed by atoms with Crippen molar-refractivity contribution in [3.05, 3.63) is 29.8 Å². The Morgan fingerprint density at radius 2 is 1.88 bits per heavy atom. The van der Waals surface area contributed by atoms with Crippen LogP contribution in [0.3, 0.4) is 0 Å². The minimum absolute atomic E-state index is 0.00920. The highest BCUT2D eigenvalue weighted by Crippen LogP contribution is 2.13. The lowest BCUT2D eigenvalue weighted by molar-refractivity contribution is -0.120. The van der Waals surface area contributed by atoms with Crippen LogP contribution in [0.2, 0.25) is 0 Å². The summed E-state index contributed by atoms with van der Waals surface area (Å²) in [6.45, 7) is 2.38. The summed E-state index contributed by atoms with van der Waals surface area (Å²) in [5, 5.41) is 8.11. The van der Waals surface area contributed by atoms with E-state index in [1.807, 2.05) is 13.0 Å². The van der Waals surface area contributed by atoms with Crippen LogP contribution in [0.25, 0.3) is 0 Å². The summed E-state index contributed by atoms with van der Waals surface area (Å²) in [4.78, 5) is 23.0. The van der Waals surface area contributed by atoms with E-state index in [4.69, 9.17) is 0 Å². The maximum absolute atomic E-state index is 11.8. The zero-order valence-corrected chi connectivity index (χ0v) is 10.0. The Kier molecular flexibility index (Phi) is 5.00. The van der Waals surface area contributed by atoms with Gasteiger partial charge in [-0.3, -0.25) is 9.59 Å². The minimum atomic E-state index is -0.263. The van der Waals surface area contributed by atoms with Gasteiger partial charge in [0.2, 0.25) is 5.91 Å². The average Bonchev–Trinajstić information content (AvgIpc) is 2.36. The number of rotatable bonds is 5. The molecule has 0 bridgehead atoms. The SMILES string of the molecule is CCNC(=O)CNC(=O)c1ccccc1NC. The van der Waals surface area contributed by atoms with Crippen LogP contribution in [0.15, 0.2) is 24.3 Å². The van der Waals surface area contributed by atoms with Gasteiger partial charge in [0.15, 0.2) is 0 Å². The maximum atomic E-state index is 11.8. The van der Waals surface area contributed by atoms with Crippen molar-refractivity contribution in [3.63, 3.8) is 0 Å². The van der Waals surface area contributed by atoms with E-state index >= 15 is 0 Å². The van der Waals surface area contributed by atoms with Crippen molar-refractivity contribution in [2.75, 3.05) is 25.5 Å². The van der Waals surface area contributed by atoms with Gasteiger partial charge in [0.05, 0.1) is 12.1 Å². The van der Waals surface area contributed by atoms with Gasteiger partial charge in [0.1, 0.15) is 0 Å². The second kappa shape index (κ2) is 6.52. The number of benzene rings is 1. The Labute approximate surface area is 101 Å². The summed E-state index contributed by atoms with van der Waals surface area (Å²) in [6, 6.07) is 7.13. The number of hydrogen-bond acceptors (Lipinski definition) is 3. The molecule has 1 aromatic carbocycles. The predicted molar refractivity (Wildman–Crippen MR) is 67.0 cm³/mol. The highest BCUT2D eigenvalue weighted by Gasteiger charge is 2.10. The van der Waals surface area contributed by atoms with Crippen molar-refractivity contribution in [1.82, 2.24) is 10.6 Å².